The minimum absolute atomic E-state index is 0.147. The van der Waals surface area contributed by atoms with E-state index in [1.54, 1.807) is 13.2 Å². The molecule has 0 radical (unpaired) electrons. The molecule has 2 rings (SSSR count). The number of nitrogens with one attached hydrogen (secondary N) is 1. The molecule has 1 amide bonds. The Hall–Kier alpha value is -2.15. The Bertz CT molecular complexity index is 649. The van der Waals surface area contributed by atoms with Crippen molar-refractivity contribution in [2.45, 2.75) is 27.3 Å². The maximum absolute atomic E-state index is 11.4. The molecule has 7 nitrogen and oxygen atoms in total. The number of hydrogen-bond donors (Lipinski definition) is 1. The number of anilines is 1. The second kappa shape index (κ2) is 7.22. The zero-order valence-electron chi connectivity index (χ0n) is 13.6. The summed E-state index contributed by atoms with van der Waals surface area (Å²) in [4.78, 5) is 22.6. The maximum Gasteiger partial charge on any atom is 0.223 e. The quantitative estimate of drug-likeness (QED) is 0.843. The Balaban J connectivity index is 2.38. The van der Waals surface area contributed by atoms with E-state index in [1.807, 2.05) is 10.6 Å². The molecule has 2 aromatic heterocycles. The third-order valence-electron chi connectivity index (χ3n) is 3.60. The molecule has 22 heavy (non-hydrogen) atoms. The van der Waals surface area contributed by atoms with Crippen LogP contribution in [-0.2, 0) is 11.3 Å². The van der Waals surface area contributed by atoms with Crippen molar-refractivity contribution in [2.24, 2.45) is 0 Å². The lowest BCUT2D eigenvalue weighted by Gasteiger charge is -2.19. The van der Waals surface area contributed by atoms with E-state index in [-0.39, 0.29) is 5.91 Å². The summed E-state index contributed by atoms with van der Waals surface area (Å²) in [5, 5.41) is 2.77. The third kappa shape index (κ3) is 3.54. The molecule has 1 N–H and O–H groups in total. The molecule has 0 aliphatic carbocycles. The summed E-state index contributed by atoms with van der Waals surface area (Å²) in [6.45, 7) is 9.27. The zero-order chi connectivity index (χ0) is 16.1. The van der Waals surface area contributed by atoms with E-state index in [4.69, 9.17) is 4.74 Å². The first-order valence-corrected chi connectivity index (χ1v) is 7.50. The number of rotatable bonds is 7. The van der Waals surface area contributed by atoms with Crippen LogP contribution in [0.5, 0.6) is 5.88 Å². The van der Waals surface area contributed by atoms with E-state index in [1.165, 1.54) is 6.92 Å². The van der Waals surface area contributed by atoms with Crippen molar-refractivity contribution in [1.29, 1.82) is 0 Å². The molecular weight excluding hydrogens is 282 g/mol. The van der Waals surface area contributed by atoms with Gasteiger partial charge in [0.05, 0.1) is 7.11 Å². The van der Waals surface area contributed by atoms with Gasteiger partial charge in [0, 0.05) is 26.1 Å². The van der Waals surface area contributed by atoms with Crippen molar-refractivity contribution < 1.29 is 9.53 Å². The first-order valence-electron chi connectivity index (χ1n) is 7.50. The fraction of sp³-hybridized carbons (Fsp3) is 0.533. The summed E-state index contributed by atoms with van der Waals surface area (Å²) in [5.41, 5.74) is 1.46. The number of aromatic nitrogens is 3. The maximum atomic E-state index is 11.4. The lowest BCUT2D eigenvalue weighted by molar-refractivity contribution is -0.114. The van der Waals surface area contributed by atoms with E-state index in [0.29, 0.717) is 18.4 Å². The number of carbonyl (C=O) groups excluding carboxylic acids is 1. The molecular formula is C15H23N5O2. The number of methoxy groups -OCH3 is 1. The van der Waals surface area contributed by atoms with Gasteiger partial charge in [-0.05, 0) is 19.2 Å². The van der Waals surface area contributed by atoms with Crippen LogP contribution in [-0.4, -0.2) is 52.1 Å². The first kappa shape index (κ1) is 16.2. The number of pyridine rings is 1. The number of carbonyl (C=O) groups is 1. The normalized spacial score (nSPS) is 11.1. The number of fused-ring (bicyclic) bond motifs is 1. The highest BCUT2D eigenvalue weighted by molar-refractivity contribution is 5.89. The molecule has 7 heteroatoms. The van der Waals surface area contributed by atoms with E-state index >= 15 is 0 Å². The van der Waals surface area contributed by atoms with Crippen LogP contribution in [0.15, 0.2) is 12.1 Å². The highest BCUT2D eigenvalue weighted by Crippen LogP contribution is 2.21. The molecule has 0 spiro atoms. The van der Waals surface area contributed by atoms with Gasteiger partial charge in [-0.3, -0.25) is 14.7 Å². The largest absolute Gasteiger partial charge is 0.481 e. The Labute approximate surface area is 130 Å². The van der Waals surface area contributed by atoms with Crippen molar-refractivity contribution >= 4 is 23.0 Å². The van der Waals surface area contributed by atoms with Gasteiger partial charge >= 0.3 is 0 Å². The Morgan fingerprint density at radius 1 is 1.32 bits per heavy atom. The average molecular weight is 305 g/mol. The van der Waals surface area contributed by atoms with Gasteiger partial charge in [-0.15, -0.1) is 0 Å². The summed E-state index contributed by atoms with van der Waals surface area (Å²) >= 11 is 0. The Kier molecular flexibility index (Phi) is 5.32. The van der Waals surface area contributed by atoms with Crippen LogP contribution >= 0.6 is 0 Å². The standard InChI is InChI=1S/C15H23N5O2/c1-5-19(6-2)9-10-20-14-12(7-8-13(18-14)22-4)17-15(20)16-11(3)21/h7-8H,5-6,9-10H2,1-4H3,(H,16,17,21). The fourth-order valence-electron chi connectivity index (χ4n) is 2.34. The summed E-state index contributed by atoms with van der Waals surface area (Å²) < 4.78 is 7.11. The number of hydrogen-bond acceptors (Lipinski definition) is 5. The summed E-state index contributed by atoms with van der Waals surface area (Å²) in [7, 11) is 1.58. The number of ether oxygens (including phenoxy) is 1. The van der Waals surface area contributed by atoms with Crippen LogP contribution in [0.3, 0.4) is 0 Å². The minimum Gasteiger partial charge on any atom is -0.481 e. The van der Waals surface area contributed by atoms with Gasteiger partial charge in [-0.25, -0.2) is 4.98 Å². The average Bonchev–Trinajstić information content (AvgIpc) is 2.84. The van der Waals surface area contributed by atoms with Crippen LogP contribution in [0.4, 0.5) is 5.95 Å². The molecule has 120 valence electrons. The lowest BCUT2D eigenvalue weighted by Crippen LogP contribution is -2.27. The van der Waals surface area contributed by atoms with E-state index in [2.05, 4.69) is 34.0 Å². The van der Waals surface area contributed by atoms with E-state index in [9.17, 15) is 4.79 Å². The van der Waals surface area contributed by atoms with Gasteiger partial charge in [0.2, 0.25) is 17.7 Å². The Morgan fingerprint density at radius 3 is 2.64 bits per heavy atom. The van der Waals surface area contributed by atoms with Gasteiger partial charge in [0.1, 0.15) is 5.52 Å². The summed E-state index contributed by atoms with van der Waals surface area (Å²) in [6, 6.07) is 3.61. The van der Waals surface area contributed by atoms with Crippen LogP contribution in [0, 0.1) is 0 Å². The highest BCUT2D eigenvalue weighted by atomic mass is 16.5. The Morgan fingerprint density at radius 2 is 2.05 bits per heavy atom. The number of likely N-dealkylation sites (N-methyl/N-ethyl adjacent to an activating group) is 1. The molecule has 0 aromatic carbocycles. The van der Waals surface area contributed by atoms with Crippen molar-refractivity contribution in [2.75, 3.05) is 32.1 Å². The SMILES string of the molecule is CCN(CC)CCn1c(NC(C)=O)nc2ccc(OC)nc21. The lowest BCUT2D eigenvalue weighted by atomic mass is 10.4. The molecule has 0 fully saturated rings. The molecule has 0 bridgehead atoms. The highest BCUT2D eigenvalue weighted by Gasteiger charge is 2.14. The monoisotopic (exact) mass is 305 g/mol. The van der Waals surface area contributed by atoms with Crippen LogP contribution < -0.4 is 10.1 Å². The van der Waals surface area contributed by atoms with Crippen molar-refractivity contribution in [1.82, 2.24) is 19.4 Å². The van der Waals surface area contributed by atoms with E-state index < -0.39 is 0 Å². The van der Waals surface area contributed by atoms with Gasteiger partial charge in [-0.2, -0.15) is 4.98 Å². The third-order valence-corrected chi connectivity index (χ3v) is 3.60. The summed E-state index contributed by atoms with van der Waals surface area (Å²) in [5.74, 6) is 0.910. The second-order valence-corrected chi connectivity index (χ2v) is 4.99. The molecule has 0 aliphatic heterocycles. The summed E-state index contributed by atoms with van der Waals surface area (Å²) in [6.07, 6.45) is 0. The number of imidazole rings is 1. The topological polar surface area (TPSA) is 72.3 Å². The molecule has 2 aromatic rings. The van der Waals surface area contributed by atoms with Crippen molar-refractivity contribution in [3.63, 3.8) is 0 Å². The van der Waals surface area contributed by atoms with Crippen molar-refractivity contribution in [3.8, 4) is 5.88 Å². The van der Waals surface area contributed by atoms with Gasteiger partial charge in [0.15, 0.2) is 5.65 Å². The van der Waals surface area contributed by atoms with Gasteiger partial charge in [-0.1, -0.05) is 13.8 Å². The predicted octanol–water partition coefficient (Wildman–Crippen LogP) is 1.74. The van der Waals surface area contributed by atoms with E-state index in [0.717, 1.165) is 30.8 Å². The molecule has 0 saturated heterocycles. The van der Waals surface area contributed by atoms with Crippen LogP contribution in [0.2, 0.25) is 0 Å². The number of nitrogens with zero attached hydrogens (tertiary/aromatic N) is 4. The van der Waals surface area contributed by atoms with Crippen LogP contribution in [0.25, 0.3) is 11.2 Å². The second-order valence-electron chi connectivity index (χ2n) is 4.99. The molecule has 0 atom stereocenters. The van der Waals surface area contributed by atoms with Crippen molar-refractivity contribution in [3.05, 3.63) is 12.1 Å². The number of amides is 1. The first-order chi connectivity index (χ1) is 10.6. The molecule has 0 aliphatic rings. The molecule has 0 saturated carbocycles. The minimum atomic E-state index is -0.147. The van der Waals surface area contributed by atoms with Gasteiger partial charge in [0.25, 0.3) is 0 Å². The molecule has 2 heterocycles. The van der Waals surface area contributed by atoms with Gasteiger partial charge < -0.3 is 9.64 Å². The molecule has 0 unspecified atom stereocenters. The smallest absolute Gasteiger partial charge is 0.223 e. The fourth-order valence-corrected chi connectivity index (χ4v) is 2.34. The van der Waals surface area contributed by atoms with Crippen LogP contribution in [0.1, 0.15) is 20.8 Å². The predicted molar refractivity (Wildman–Crippen MR) is 86.2 cm³/mol. The zero-order valence-corrected chi connectivity index (χ0v) is 13.6.